The molecule has 1 aromatic rings. The van der Waals surface area contributed by atoms with Crippen LogP contribution in [-0.2, 0) is 4.79 Å². The highest BCUT2D eigenvalue weighted by Gasteiger charge is 2.19. The van der Waals surface area contributed by atoms with E-state index >= 15 is 0 Å². The van der Waals surface area contributed by atoms with Gasteiger partial charge in [-0.25, -0.2) is 0 Å². The summed E-state index contributed by atoms with van der Waals surface area (Å²) in [6.07, 6.45) is 4.99. The summed E-state index contributed by atoms with van der Waals surface area (Å²) in [6, 6.07) is -0.218. The molecule has 5 nitrogen and oxygen atoms in total. The van der Waals surface area contributed by atoms with E-state index in [1.807, 2.05) is 20.8 Å². The molecule has 0 bridgehead atoms. The van der Waals surface area contributed by atoms with Gasteiger partial charge >= 0.3 is 0 Å². The Kier molecular flexibility index (Phi) is 5.03. The van der Waals surface area contributed by atoms with E-state index in [4.69, 9.17) is 0 Å². The number of hydrogen-bond acceptors (Lipinski definition) is 4. The lowest BCUT2D eigenvalue weighted by molar-refractivity contribution is -0.131. The SMILES string of the molecule is CCN(C)C(=O)C(C)NC(C)c1cnccn1. The Morgan fingerprint density at radius 3 is 2.71 bits per heavy atom. The van der Waals surface area contributed by atoms with Gasteiger partial charge in [0.25, 0.3) is 0 Å². The lowest BCUT2D eigenvalue weighted by Gasteiger charge is -2.23. The number of likely N-dealkylation sites (N-methyl/N-ethyl adjacent to an activating group) is 1. The second-order valence-corrected chi connectivity index (χ2v) is 4.09. The predicted octanol–water partition coefficient (Wildman–Crippen LogP) is 0.994. The van der Waals surface area contributed by atoms with Crippen molar-refractivity contribution in [2.45, 2.75) is 32.9 Å². The van der Waals surface area contributed by atoms with E-state index in [1.165, 1.54) is 0 Å². The average Bonchev–Trinajstić information content (AvgIpc) is 2.37. The van der Waals surface area contributed by atoms with E-state index in [1.54, 1.807) is 30.5 Å². The van der Waals surface area contributed by atoms with E-state index < -0.39 is 0 Å². The summed E-state index contributed by atoms with van der Waals surface area (Å²) in [5, 5.41) is 3.22. The molecule has 1 rings (SSSR count). The maximum Gasteiger partial charge on any atom is 0.239 e. The summed E-state index contributed by atoms with van der Waals surface area (Å²) < 4.78 is 0. The molecule has 1 heterocycles. The van der Waals surface area contributed by atoms with E-state index in [-0.39, 0.29) is 18.0 Å². The topological polar surface area (TPSA) is 58.1 Å². The molecule has 0 fully saturated rings. The van der Waals surface area contributed by atoms with Crippen LogP contribution in [0.5, 0.6) is 0 Å². The van der Waals surface area contributed by atoms with E-state index in [9.17, 15) is 4.79 Å². The molecular formula is C12H20N4O. The number of amides is 1. The van der Waals surface area contributed by atoms with Gasteiger partial charge in [-0.15, -0.1) is 0 Å². The van der Waals surface area contributed by atoms with Crippen LogP contribution in [0.15, 0.2) is 18.6 Å². The number of carbonyl (C=O) groups excluding carboxylic acids is 1. The Morgan fingerprint density at radius 2 is 2.18 bits per heavy atom. The molecule has 0 radical (unpaired) electrons. The average molecular weight is 236 g/mol. The fraction of sp³-hybridized carbons (Fsp3) is 0.583. The Balaban J connectivity index is 2.57. The minimum absolute atomic E-state index is 0.00732. The van der Waals surface area contributed by atoms with Crippen molar-refractivity contribution in [3.8, 4) is 0 Å². The normalized spacial score (nSPS) is 14.1. The summed E-state index contributed by atoms with van der Waals surface area (Å²) in [5.74, 6) is 0.0863. The van der Waals surface area contributed by atoms with Crippen molar-refractivity contribution in [3.63, 3.8) is 0 Å². The first-order chi connectivity index (χ1) is 8.06. The molecule has 0 aliphatic rings. The van der Waals surface area contributed by atoms with Gasteiger partial charge in [-0.05, 0) is 20.8 Å². The standard InChI is InChI=1S/C12H20N4O/c1-5-16(4)12(17)10(3)15-9(2)11-8-13-6-7-14-11/h6-10,15H,5H2,1-4H3. The Morgan fingerprint density at radius 1 is 1.47 bits per heavy atom. The summed E-state index contributed by atoms with van der Waals surface area (Å²) in [7, 11) is 1.80. The van der Waals surface area contributed by atoms with Crippen molar-refractivity contribution in [2.24, 2.45) is 0 Å². The highest BCUT2D eigenvalue weighted by molar-refractivity contribution is 5.81. The lowest BCUT2D eigenvalue weighted by atomic mass is 10.2. The summed E-state index contributed by atoms with van der Waals surface area (Å²) in [6.45, 7) is 6.50. The second-order valence-electron chi connectivity index (χ2n) is 4.09. The van der Waals surface area contributed by atoms with Gasteiger partial charge in [-0.3, -0.25) is 20.1 Å². The van der Waals surface area contributed by atoms with Gasteiger partial charge in [-0.1, -0.05) is 0 Å². The number of nitrogens with one attached hydrogen (secondary N) is 1. The van der Waals surface area contributed by atoms with Gasteiger partial charge in [0.1, 0.15) is 0 Å². The molecule has 2 atom stereocenters. The van der Waals surface area contributed by atoms with Crippen LogP contribution in [0.2, 0.25) is 0 Å². The monoisotopic (exact) mass is 236 g/mol. The number of nitrogens with zero attached hydrogens (tertiary/aromatic N) is 3. The zero-order chi connectivity index (χ0) is 12.8. The first kappa shape index (κ1) is 13.6. The van der Waals surface area contributed by atoms with Crippen LogP contribution in [0.4, 0.5) is 0 Å². The summed E-state index contributed by atoms with van der Waals surface area (Å²) in [5.41, 5.74) is 0.839. The first-order valence-corrected chi connectivity index (χ1v) is 5.83. The molecular weight excluding hydrogens is 216 g/mol. The first-order valence-electron chi connectivity index (χ1n) is 5.83. The molecule has 17 heavy (non-hydrogen) atoms. The molecule has 0 saturated heterocycles. The zero-order valence-electron chi connectivity index (χ0n) is 10.8. The highest BCUT2D eigenvalue weighted by Crippen LogP contribution is 2.08. The molecule has 1 amide bonds. The Bertz CT molecular complexity index is 355. The van der Waals surface area contributed by atoms with Crippen molar-refractivity contribution in [3.05, 3.63) is 24.3 Å². The van der Waals surface area contributed by atoms with Crippen LogP contribution in [-0.4, -0.2) is 40.4 Å². The molecule has 0 spiro atoms. The molecule has 0 aliphatic carbocycles. The smallest absolute Gasteiger partial charge is 0.239 e. The van der Waals surface area contributed by atoms with Gasteiger partial charge in [0.2, 0.25) is 5.91 Å². The van der Waals surface area contributed by atoms with Crippen molar-refractivity contribution < 1.29 is 4.79 Å². The molecule has 2 unspecified atom stereocenters. The van der Waals surface area contributed by atoms with Gasteiger partial charge < -0.3 is 4.90 Å². The highest BCUT2D eigenvalue weighted by atomic mass is 16.2. The van der Waals surface area contributed by atoms with E-state index in [0.29, 0.717) is 6.54 Å². The van der Waals surface area contributed by atoms with Gasteiger partial charge in [0.05, 0.1) is 11.7 Å². The Labute approximate surface area is 102 Å². The van der Waals surface area contributed by atoms with Gasteiger partial charge in [0, 0.05) is 38.2 Å². The van der Waals surface area contributed by atoms with Crippen LogP contribution in [0.1, 0.15) is 32.5 Å². The van der Waals surface area contributed by atoms with Crippen molar-refractivity contribution in [1.82, 2.24) is 20.2 Å². The van der Waals surface area contributed by atoms with Gasteiger partial charge in [-0.2, -0.15) is 0 Å². The third-order valence-electron chi connectivity index (χ3n) is 2.75. The minimum atomic E-state index is -0.225. The third kappa shape index (κ3) is 3.78. The van der Waals surface area contributed by atoms with Crippen LogP contribution in [0.3, 0.4) is 0 Å². The maximum absolute atomic E-state index is 11.9. The quantitative estimate of drug-likeness (QED) is 0.828. The number of hydrogen-bond donors (Lipinski definition) is 1. The van der Waals surface area contributed by atoms with Gasteiger partial charge in [0.15, 0.2) is 0 Å². The number of rotatable bonds is 5. The van der Waals surface area contributed by atoms with Crippen LogP contribution in [0, 0.1) is 0 Å². The second kappa shape index (κ2) is 6.30. The number of aromatic nitrogens is 2. The maximum atomic E-state index is 11.9. The van der Waals surface area contributed by atoms with Crippen LogP contribution < -0.4 is 5.32 Å². The van der Waals surface area contributed by atoms with E-state index in [2.05, 4.69) is 15.3 Å². The third-order valence-corrected chi connectivity index (χ3v) is 2.75. The largest absolute Gasteiger partial charge is 0.345 e. The zero-order valence-corrected chi connectivity index (χ0v) is 10.8. The van der Waals surface area contributed by atoms with Crippen LogP contribution >= 0.6 is 0 Å². The Hall–Kier alpha value is -1.49. The lowest BCUT2D eigenvalue weighted by Crippen LogP contribution is -2.44. The van der Waals surface area contributed by atoms with Crippen molar-refractivity contribution in [2.75, 3.05) is 13.6 Å². The molecule has 1 N–H and O–H groups in total. The van der Waals surface area contributed by atoms with Crippen molar-refractivity contribution >= 4 is 5.91 Å². The fourth-order valence-corrected chi connectivity index (χ4v) is 1.55. The molecule has 0 saturated carbocycles. The van der Waals surface area contributed by atoms with Crippen LogP contribution in [0.25, 0.3) is 0 Å². The predicted molar refractivity (Wildman–Crippen MR) is 66.4 cm³/mol. The van der Waals surface area contributed by atoms with E-state index in [0.717, 1.165) is 5.69 Å². The molecule has 94 valence electrons. The molecule has 1 aromatic heterocycles. The molecule has 5 heteroatoms. The number of carbonyl (C=O) groups is 1. The minimum Gasteiger partial charge on any atom is -0.345 e. The summed E-state index contributed by atoms with van der Waals surface area (Å²) in [4.78, 5) is 21.8. The summed E-state index contributed by atoms with van der Waals surface area (Å²) >= 11 is 0. The fourth-order valence-electron chi connectivity index (χ4n) is 1.55. The molecule has 0 aliphatic heterocycles. The molecule has 0 aromatic carbocycles. The van der Waals surface area contributed by atoms with Crippen molar-refractivity contribution in [1.29, 1.82) is 0 Å².